The predicted molar refractivity (Wildman–Crippen MR) is 101 cm³/mol. The van der Waals surface area contributed by atoms with Gasteiger partial charge in [0.2, 0.25) is 11.8 Å². The molecule has 3 saturated heterocycles. The summed E-state index contributed by atoms with van der Waals surface area (Å²) in [6.07, 6.45) is 6.51. The highest BCUT2D eigenvalue weighted by Gasteiger charge is 2.63. The maximum absolute atomic E-state index is 12.7. The summed E-state index contributed by atoms with van der Waals surface area (Å²) in [5.41, 5.74) is -0.0964. The Bertz CT molecular complexity index is 672. The van der Waals surface area contributed by atoms with Crippen LogP contribution in [0.5, 0.6) is 0 Å². The number of aryl methyl sites for hydroxylation is 1. The minimum absolute atomic E-state index is 0.0964. The number of anilines is 1. The van der Waals surface area contributed by atoms with E-state index in [1.807, 2.05) is 6.92 Å². The topological polar surface area (TPSA) is 80.5 Å². The Morgan fingerprint density at radius 1 is 1.37 bits per heavy atom. The Morgan fingerprint density at radius 3 is 2.81 bits per heavy atom. The maximum atomic E-state index is 12.7. The molecule has 0 saturated carbocycles. The van der Waals surface area contributed by atoms with E-state index < -0.39 is 0 Å². The minimum Gasteiger partial charge on any atom is -0.369 e. The third kappa shape index (κ3) is 3.35. The maximum Gasteiger partial charge on any atom is 0.266 e. The second-order valence-corrected chi connectivity index (χ2v) is 8.54. The van der Waals surface area contributed by atoms with Crippen LogP contribution >= 0.6 is 0 Å². The number of hydrogen-bond donors (Lipinski definition) is 1. The van der Waals surface area contributed by atoms with Crippen molar-refractivity contribution in [3.05, 3.63) is 5.89 Å². The van der Waals surface area contributed by atoms with Crippen molar-refractivity contribution < 1.29 is 14.1 Å². The molecule has 2 bridgehead atoms. The van der Waals surface area contributed by atoms with Crippen LogP contribution in [0, 0.1) is 24.7 Å². The molecule has 3 aliphatic heterocycles. The number of aromatic nitrogens is 2. The van der Waals surface area contributed by atoms with Crippen LogP contribution in [-0.2, 0) is 9.53 Å². The molecule has 1 aromatic rings. The van der Waals surface area contributed by atoms with E-state index in [9.17, 15) is 4.79 Å². The smallest absolute Gasteiger partial charge is 0.266 e. The van der Waals surface area contributed by atoms with Gasteiger partial charge in [-0.05, 0) is 30.8 Å². The molecule has 4 heterocycles. The van der Waals surface area contributed by atoms with E-state index in [1.54, 1.807) is 0 Å². The second-order valence-electron chi connectivity index (χ2n) is 8.54. The quantitative estimate of drug-likeness (QED) is 0.751. The van der Waals surface area contributed by atoms with Gasteiger partial charge >= 0.3 is 0 Å². The van der Waals surface area contributed by atoms with E-state index in [4.69, 9.17) is 9.26 Å². The molecule has 1 N–H and O–H groups in total. The number of carbonyl (C=O) groups excluding carboxylic acids is 1. The van der Waals surface area contributed by atoms with Gasteiger partial charge in [0.05, 0.1) is 18.2 Å². The molecule has 4 atom stereocenters. The number of hydrogen-bond acceptors (Lipinski definition) is 6. The molecule has 0 aliphatic carbocycles. The molecule has 1 amide bonds. The molecule has 150 valence electrons. The van der Waals surface area contributed by atoms with Gasteiger partial charge in [0.25, 0.3) is 5.95 Å². The van der Waals surface area contributed by atoms with Crippen LogP contribution in [0.1, 0.15) is 58.3 Å². The number of rotatable bonds is 8. The normalized spacial score (nSPS) is 31.7. The average molecular weight is 377 g/mol. The minimum atomic E-state index is -0.0964. The molecule has 0 aromatic carbocycles. The molecule has 0 radical (unpaired) electrons. The van der Waals surface area contributed by atoms with E-state index in [0.29, 0.717) is 23.7 Å². The summed E-state index contributed by atoms with van der Waals surface area (Å²) in [4.78, 5) is 19.2. The van der Waals surface area contributed by atoms with Crippen molar-refractivity contribution in [2.45, 2.75) is 71.0 Å². The van der Waals surface area contributed by atoms with E-state index in [2.05, 4.69) is 34.2 Å². The first kappa shape index (κ1) is 18.7. The molecule has 3 fully saturated rings. The summed E-state index contributed by atoms with van der Waals surface area (Å²) < 4.78 is 11.6. The van der Waals surface area contributed by atoms with Gasteiger partial charge in [0.15, 0.2) is 0 Å². The van der Waals surface area contributed by atoms with Gasteiger partial charge in [-0.25, -0.2) is 0 Å². The van der Waals surface area contributed by atoms with Crippen LogP contribution in [0.4, 0.5) is 5.95 Å². The Morgan fingerprint density at radius 2 is 2.15 bits per heavy atom. The van der Waals surface area contributed by atoms with Gasteiger partial charge in [-0.15, -0.1) is 0 Å². The highest BCUT2D eigenvalue weighted by molar-refractivity contribution is 5.78. The summed E-state index contributed by atoms with van der Waals surface area (Å²) in [5, 5.41) is 7.34. The number of fused-ring (bicyclic) bond motifs is 1. The van der Waals surface area contributed by atoms with Crippen molar-refractivity contribution >= 4 is 11.9 Å². The summed E-state index contributed by atoms with van der Waals surface area (Å²) in [6.45, 7) is 8.54. The zero-order chi connectivity index (χ0) is 19.0. The molecule has 1 aromatic heterocycles. The van der Waals surface area contributed by atoms with Gasteiger partial charge in [0, 0.05) is 37.8 Å². The lowest BCUT2D eigenvalue weighted by molar-refractivity contribution is -0.125. The molecular formula is C20H32N4O3. The van der Waals surface area contributed by atoms with Crippen molar-refractivity contribution in [3.8, 4) is 0 Å². The fraction of sp³-hybridized carbons (Fsp3) is 0.850. The Hall–Kier alpha value is -1.63. The van der Waals surface area contributed by atoms with E-state index in [1.165, 1.54) is 0 Å². The molecule has 3 aliphatic rings. The SMILES string of the molecule is CCCC(CCC)C(=O)NC[C@H]1[C@H]2CN(c3noc(C)n3)C[C@]23CC[C@H]1O3. The number of carbonyl (C=O) groups is 1. The van der Waals surface area contributed by atoms with Crippen LogP contribution in [0.15, 0.2) is 4.52 Å². The summed E-state index contributed by atoms with van der Waals surface area (Å²) in [5.74, 6) is 2.43. The van der Waals surface area contributed by atoms with Gasteiger partial charge in [-0.1, -0.05) is 26.7 Å². The van der Waals surface area contributed by atoms with Crippen LogP contribution in [0.25, 0.3) is 0 Å². The largest absolute Gasteiger partial charge is 0.369 e. The van der Waals surface area contributed by atoms with Crippen molar-refractivity contribution in [2.24, 2.45) is 17.8 Å². The van der Waals surface area contributed by atoms with Crippen LogP contribution < -0.4 is 10.2 Å². The first-order valence-corrected chi connectivity index (χ1v) is 10.6. The lowest BCUT2D eigenvalue weighted by Crippen LogP contribution is -2.43. The first-order chi connectivity index (χ1) is 13.1. The summed E-state index contributed by atoms with van der Waals surface area (Å²) in [6, 6.07) is 0. The lowest BCUT2D eigenvalue weighted by atomic mass is 9.73. The van der Waals surface area contributed by atoms with Crippen LogP contribution in [0.3, 0.4) is 0 Å². The molecule has 7 nitrogen and oxygen atoms in total. The second kappa shape index (κ2) is 7.41. The fourth-order valence-corrected chi connectivity index (χ4v) is 5.50. The molecule has 4 rings (SSSR count). The van der Waals surface area contributed by atoms with Gasteiger partial charge in [-0.3, -0.25) is 4.79 Å². The Balaban J connectivity index is 1.40. The molecule has 0 unspecified atom stereocenters. The Labute approximate surface area is 161 Å². The number of nitrogens with zero attached hydrogens (tertiary/aromatic N) is 3. The predicted octanol–water partition coefficient (Wildman–Crippen LogP) is 2.69. The van der Waals surface area contributed by atoms with Gasteiger partial charge in [0.1, 0.15) is 0 Å². The number of nitrogens with one attached hydrogen (secondary N) is 1. The number of ether oxygens (including phenoxy) is 1. The van der Waals surface area contributed by atoms with Crippen molar-refractivity contribution in [1.82, 2.24) is 15.5 Å². The number of amides is 1. The van der Waals surface area contributed by atoms with Crippen molar-refractivity contribution in [3.63, 3.8) is 0 Å². The third-order valence-electron chi connectivity index (χ3n) is 6.74. The average Bonchev–Trinajstić information content (AvgIpc) is 3.39. The fourth-order valence-electron chi connectivity index (χ4n) is 5.50. The van der Waals surface area contributed by atoms with E-state index in [0.717, 1.165) is 58.2 Å². The zero-order valence-corrected chi connectivity index (χ0v) is 16.7. The van der Waals surface area contributed by atoms with Gasteiger partial charge < -0.3 is 19.5 Å². The molecule has 1 spiro atoms. The first-order valence-electron chi connectivity index (χ1n) is 10.6. The van der Waals surface area contributed by atoms with E-state index in [-0.39, 0.29) is 23.5 Å². The van der Waals surface area contributed by atoms with Crippen LogP contribution in [0.2, 0.25) is 0 Å². The van der Waals surface area contributed by atoms with Crippen LogP contribution in [-0.4, -0.2) is 47.4 Å². The lowest BCUT2D eigenvalue weighted by Gasteiger charge is -2.29. The highest BCUT2D eigenvalue weighted by atomic mass is 16.5. The highest BCUT2D eigenvalue weighted by Crippen LogP contribution is 2.55. The monoisotopic (exact) mass is 376 g/mol. The summed E-state index contributed by atoms with van der Waals surface area (Å²) >= 11 is 0. The van der Waals surface area contributed by atoms with E-state index >= 15 is 0 Å². The van der Waals surface area contributed by atoms with Gasteiger partial charge in [-0.2, -0.15) is 4.98 Å². The standard InChI is InChI=1S/C20H32N4O3/c1-4-6-14(7-5-2)18(25)21-10-15-16-11-24(19-22-13(3)27-23-19)12-20(16)9-8-17(15)26-20/h14-17H,4-12H2,1-3H3,(H,21,25)/t15-,16+,17+,20+/m0/s1. The molecule has 27 heavy (non-hydrogen) atoms. The summed E-state index contributed by atoms with van der Waals surface area (Å²) in [7, 11) is 0. The zero-order valence-electron chi connectivity index (χ0n) is 16.7. The molecule has 7 heteroatoms. The third-order valence-corrected chi connectivity index (χ3v) is 6.74. The van der Waals surface area contributed by atoms with Crippen molar-refractivity contribution in [2.75, 3.05) is 24.5 Å². The Kier molecular flexibility index (Phi) is 5.14. The molecular weight excluding hydrogens is 344 g/mol. The van der Waals surface area contributed by atoms with Crippen molar-refractivity contribution in [1.29, 1.82) is 0 Å².